The van der Waals surface area contributed by atoms with Crippen molar-refractivity contribution in [1.82, 2.24) is 5.32 Å². The van der Waals surface area contributed by atoms with Gasteiger partial charge in [-0.3, -0.25) is 4.79 Å². The van der Waals surface area contributed by atoms with E-state index in [0.717, 1.165) is 12.1 Å². The van der Waals surface area contributed by atoms with E-state index in [4.69, 9.17) is 16.3 Å². The molecule has 0 bridgehead atoms. The molecule has 2 N–H and O–H groups in total. The highest BCUT2D eigenvalue weighted by Gasteiger charge is 2.32. The number of carboxylic acid groups (broad SMARTS) is 1. The van der Waals surface area contributed by atoms with E-state index in [-0.39, 0.29) is 21.9 Å². The fourth-order valence-electron chi connectivity index (χ4n) is 3.02. The molecule has 5 nitrogen and oxygen atoms in total. The van der Waals surface area contributed by atoms with Gasteiger partial charge >= 0.3 is 12.1 Å². The number of aliphatic carboxylic acids is 1. The van der Waals surface area contributed by atoms with Crippen molar-refractivity contribution in [3.05, 3.63) is 76.1 Å². The highest BCUT2D eigenvalue weighted by Crippen LogP contribution is 2.36. The molecule has 0 aliphatic rings. The lowest BCUT2D eigenvalue weighted by Crippen LogP contribution is -2.49. The van der Waals surface area contributed by atoms with Crippen LogP contribution in [0.15, 0.2) is 48.5 Å². The number of fused-ring (bicyclic) bond motifs is 1. The smallest absolute Gasteiger partial charge is 0.416 e. The minimum absolute atomic E-state index is 0.0204. The Bertz CT molecular complexity index is 1240. The number of amides is 1. The molecule has 0 atom stereocenters. The van der Waals surface area contributed by atoms with E-state index in [1.165, 1.54) is 19.9 Å². The second kappa shape index (κ2) is 8.90. The van der Waals surface area contributed by atoms with E-state index in [1.54, 1.807) is 24.3 Å². The van der Waals surface area contributed by atoms with Crippen molar-refractivity contribution in [3.8, 4) is 5.75 Å². The molecule has 0 aliphatic heterocycles. The van der Waals surface area contributed by atoms with E-state index in [1.807, 2.05) is 0 Å². The van der Waals surface area contributed by atoms with Gasteiger partial charge in [0, 0.05) is 21.4 Å². The minimum atomic E-state index is -4.70. The number of hydrogen-bond acceptors (Lipinski definition) is 3. The predicted octanol–water partition coefficient (Wildman–Crippen LogP) is 5.82. The van der Waals surface area contributed by atoms with E-state index < -0.39 is 41.6 Å². The third-order valence-electron chi connectivity index (χ3n) is 4.90. The average molecular weight is 484 g/mol. The summed E-state index contributed by atoms with van der Waals surface area (Å²) in [4.78, 5) is 24.3. The zero-order valence-corrected chi connectivity index (χ0v) is 18.1. The summed E-state index contributed by atoms with van der Waals surface area (Å²) in [5, 5.41) is 12.7. The molecule has 0 saturated heterocycles. The Balaban J connectivity index is 2.02. The van der Waals surface area contributed by atoms with Gasteiger partial charge in [0.2, 0.25) is 0 Å². The van der Waals surface area contributed by atoms with Crippen LogP contribution in [0.2, 0.25) is 5.02 Å². The van der Waals surface area contributed by atoms with Crippen LogP contribution in [0.5, 0.6) is 5.75 Å². The van der Waals surface area contributed by atoms with Crippen LogP contribution in [0, 0.1) is 5.82 Å². The number of carboxylic acids is 1. The van der Waals surface area contributed by atoms with Crippen molar-refractivity contribution in [2.24, 2.45) is 0 Å². The number of nitrogens with one attached hydrogen (secondary N) is 1. The lowest BCUT2D eigenvalue weighted by Gasteiger charge is -2.22. The summed E-state index contributed by atoms with van der Waals surface area (Å²) in [5.41, 5.74) is -3.04. The fraction of sp³-hybridized carbons (Fsp3) is 0.217. The van der Waals surface area contributed by atoms with Gasteiger partial charge < -0.3 is 15.2 Å². The normalized spacial score (nSPS) is 12.0. The van der Waals surface area contributed by atoms with Crippen LogP contribution in [0.4, 0.5) is 17.6 Å². The third kappa shape index (κ3) is 5.19. The molecule has 0 saturated carbocycles. The maximum absolute atomic E-state index is 14.3. The molecule has 0 heterocycles. The van der Waals surface area contributed by atoms with Gasteiger partial charge in [0.25, 0.3) is 5.91 Å². The number of carbonyl (C=O) groups excluding carboxylic acids is 1. The molecule has 0 radical (unpaired) electrons. The molecule has 0 aromatic heterocycles. The highest BCUT2D eigenvalue weighted by molar-refractivity contribution is 6.36. The Morgan fingerprint density at radius 1 is 1.06 bits per heavy atom. The SMILES string of the molecule is CC(C)(NC(=O)c1cc(Cl)c2ccccc2c1OCc1ccc(C(F)(F)F)cc1F)C(=O)O. The molecule has 33 heavy (non-hydrogen) atoms. The first-order chi connectivity index (χ1) is 15.3. The first kappa shape index (κ1) is 24.3. The molecule has 0 unspecified atom stereocenters. The number of carbonyl (C=O) groups is 2. The number of halogens is 5. The molecular weight excluding hydrogens is 466 g/mol. The molecule has 3 aromatic rings. The van der Waals surface area contributed by atoms with E-state index in [0.29, 0.717) is 16.8 Å². The van der Waals surface area contributed by atoms with E-state index >= 15 is 0 Å². The van der Waals surface area contributed by atoms with Crippen LogP contribution >= 0.6 is 11.6 Å². The zero-order valence-electron chi connectivity index (χ0n) is 17.4. The number of ether oxygens (including phenoxy) is 1. The topological polar surface area (TPSA) is 75.6 Å². The standard InChI is InChI=1S/C23H18ClF4NO4/c1-22(2,21(31)32)29-20(30)16-10-17(24)14-5-3-4-6-15(14)19(16)33-11-12-7-8-13(9-18(12)25)23(26,27)28/h3-10H,11H2,1-2H3,(H,29,30)(H,31,32). The van der Waals surface area contributed by atoms with Crippen LogP contribution in [0.3, 0.4) is 0 Å². The van der Waals surface area contributed by atoms with Gasteiger partial charge in [-0.1, -0.05) is 41.9 Å². The maximum atomic E-state index is 14.3. The van der Waals surface area contributed by atoms with Gasteiger partial charge in [-0.05, 0) is 32.0 Å². The molecule has 3 rings (SSSR count). The van der Waals surface area contributed by atoms with Crippen molar-refractivity contribution in [1.29, 1.82) is 0 Å². The van der Waals surface area contributed by atoms with Gasteiger partial charge in [0.1, 0.15) is 23.7 Å². The highest BCUT2D eigenvalue weighted by atomic mass is 35.5. The summed E-state index contributed by atoms with van der Waals surface area (Å²) in [6.45, 7) is 2.08. The molecule has 0 aliphatic carbocycles. The third-order valence-corrected chi connectivity index (χ3v) is 5.22. The summed E-state index contributed by atoms with van der Waals surface area (Å²) >= 11 is 6.30. The molecule has 0 spiro atoms. The average Bonchev–Trinajstić information content (AvgIpc) is 2.72. The molecule has 10 heteroatoms. The van der Waals surface area contributed by atoms with Crippen LogP contribution in [0.1, 0.15) is 35.3 Å². The first-order valence-electron chi connectivity index (χ1n) is 9.57. The Labute approximate surface area is 190 Å². The second-order valence-corrected chi connectivity index (χ2v) is 8.16. The summed E-state index contributed by atoms with van der Waals surface area (Å²) in [6, 6.07) is 9.92. The quantitative estimate of drug-likeness (QED) is 0.433. The number of alkyl halides is 3. The lowest BCUT2D eigenvalue weighted by molar-refractivity contribution is -0.143. The minimum Gasteiger partial charge on any atom is -0.487 e. The monoisotopic (exact) mass is 483 g/mol. The predicted molar refractivity (Wildman–Crippen MR) is 114 cm³/mol. The summed E-state index contributed by atoms with van der Waals surface area (Å²) in [6.07, 6.45) is -4.70. The largest absolute Gasteiger partial charge is 0.487 e. The van der Waals surface area contributed by atoms with Crippen LogP contribution in [0.25, 0.3) is 10.8 Å². The fourth-order valence-corrected chi connectivity index (χ4v) is 3.30. The van der Waals surface area contributed by atoms with Crippen molar-refractivity contribution < 1.29 is 37.0 Å². The molecular formula is C23H18ClF4NO4. The summed E-state index contributed by atoms with van der Waals surface area (Å²) in [7, 11) is 0. The van der Waals surface area contributed by atoms with Gasteiger partial charge in [0.15, 0.2) is 0 Å². The van der Waals surface area contributed by atoms with Crippen molar-refractivity contribution >= 4 is 34.2 Å². The second-order valence-electron chi connectivity index (χ2n) is 7.76. The number of benzene rings is 3. The lowest BCUT2D eigenvalue weighted by atomic mass is 10.0. The van der Waals surface area contributed by atoms with Gasteiger partial charge in [-0.25, -0.2) is 9.18 Å². The van der Waals surface area contributed by atoms with Gasteiger partial charge in [-0.15, -0.1) is 0 Å². The van der Waals surface area contributed by atoms with Crippen molar-refractivity contribution in [2.75, 3.05) is 0 Å². The van der Waals surface area contributed by atoms with Gasteiger partial charge in [-0.2, -0.15) is 13.2 Å². The number of hydrogen-bond donors (Lipinski definition) is 2. The molecule has 1 amide bonds. The molecule has 174 valence electrons. The Morgan fingerprint density at radius 2 is 1.70 bits per heavy atom. The summed E-state index contributed by atoms with van der Waals surface area (Å²) in [5.74, 6) is -3.23. The first-order valence-corrected chi connectivity index (χ1v) is 9.94. The van der Waals surface area contributed by atoms with Gasteiger partial charge in [0.05, 0.1) is 11.1 Å². The zero-order chi connectivity index (χ0) is 24.6. The number of rotatable bonds is 6. The van der Waals surface area contributed by atoms with Crippen LogP contribution in [-0.4, -0.2) is 22.5 Å². The Morgan fingerprint density at radius 3 is 2.27 bits per heavy atom. The Kier molecular flexibility index (Phi) is 6.56. The van der Waals surface area contributed by atoms with E-state index in [2.05, 4.69) is 5.32 Å². The molecule has 3 aromatic carbocycles. The maximum Gasteiger partial charge on any atom is 0.416 e. The molecule has 0 fully saturated rings. The van der Waals surface area contributed by atoms with E-state index in [9.17, 15) is 32.3 Å². The van der Waals surface area contributed by atoms with Crippen LogP contribution < -0.4 is 10.1 Å². The summed E-state index contributed by atoms with van der Waals surface area (Å²) < 4.78 is 58.4. The van der Waals surface area contributed by atoms with Crippen molar-refractivity contribution in [3.63, 3.8) is 0 Å². The Hall–Kier alpha value is -3.33. The van der Waals surface area contributed by atoms with Crippen molar-refractivity contribution in [2.45, 2.75) is 32.2 Å². The van der Waals surface area contributed by atoms with Crippen LogP contribution in [-0.2, 0) is 17.6 Å².